The van der Waals surface area contributed by atoms with E-state index in [1.165, 1.54) is 6.21 Å². The highest BCUT2D eigenvalue weighted by Crippen LogP contribution is 2.11. The van der Waals surface area contributed by atoms with Crippen molar-refractivity contribution < 1.29 is 9.59 Å². The summed E-state index contributed by atoms with van der Waals surface area (Å²) in [4.78, 5) is 23.5. The van der Waals surface area contributed by atoms with Crippen LogP contribution in [0.5, 0.6) is 0 Å². The number of hydrogen-bond donors (Lipinski definition) is 2. The van der Waals surface area contributed by atoms with E-state index in [9.17, 15) is 9.59 Å². The minimum absolute atomic E-state index is 0.152. The number of nitrogens with one attached hydrogen (secondary N) is 2. The maximum absolute atomic E-state index is 11.9. The first-order valence-corrected chi connectivity index (χ1v) is 8.24. The molecule has 0 bridgehead atoms. The van der Waals surface area contributed by atoms with Gasteiger partial charge in [-0.25, -0.2) is 5.43 Å². The SMILES string of the molecule is O=C(CNC(=O)c1cccc(Br)c1)N/N=C/c1cccc(Br)c1. The van der Waals surface area contributed by atoms with E-state index < -0.39 is 5.91 Å². The Kier molecular flexibility index (Phi) is 6.49. The molecule has 0 aliphatic rings. The first-order valence-electron chi connectivity index (χ1n) is 6.66. The summed E-state index contributed by atoms with van der Waals surface area (Å²) in [5.74, 6) is -0.725. The van der Waals surface area contributed by atoms with Crippen molar-refractivity contribution in [3.63, 3.8) is 0 Å². The molecule has 5 nitrogen and oxygen atoms in total. The molecule has 0 saturated heterocycles. The molecule has 0 aromatic heterocycles. The first-order chi connectivity index (χ1) is 11.0. The maximum Gasteiger partial charge on any atom is 0.259 e. The summed E-state index contributed by atoms with van der Waals surface area (Å²) < 4.78 is 1.72. The van der Waals surface area contributed by atoms with Gasteiger partial charge in [0.25, 0.3) is 11.8 Å². The molecule has 0 aliphatic heterocycles. The van der Waals surface area contributed by atoms with Crippen LogP contribution in [0, 0.1) is 0 Å². The molecule has 2 N–H and O–H groups in total. The van der Waals surface area contributed by atoms with Crippen molar-refractivity contribution in [2.24, 2.45) is 5.10 Å². The molecule has 2 aromatic carbocycles. The Balaban J connectivity index is 1.80. The summed E-state index contributed by atoms with van der Waals surface area (Å²) in [5, 5.41) is 6.37. The smallest absolute Gasteiger partial charge is 0.259 e. The lowest BCUT2D eigenvalue weighted by molar-refractivity contribution is -0.120. The molecule has 0 heterocycles. The summed E-state index contributed by atoms with van der Waals surface area (Å²) in [5.41, 5.74) is 3.68. The van der Waals surface area contributed by atoms with Gasteiger partial charge in [0, 0.05) is 14.5 Å². The number of halogens is 2. The zero-order chi connectivity index (χ0) is 16.7. The monoisotopic (exact) mass is 437 g/mol. The van der Waals surface area contributed by atoms with Crippen LogP contribution in [0.1, 0.15) is 15.9 Å². The molecule has 0 unspecified atom stereocenters. The fourth-order valence-corrected chi connectivity index (χ4v) is 2.51. The average molecular weight is 439 g/mol. The number of benzene rings is 2. The lowest BCUT2D eigenvalue weighted by Crippen LogP contribution is -2.34. The van der Waals surface area contributed by atoms with E-state index in [4.69, 9.17) is 0 Å². The van der Waals surface area contributed by atoms with Crippen molar-refractivity contribution in [2.75, 3.05) is 6.54 Å². The summed E-state index contributed by atoms with van der Waals surface area (Å²) in [6.45, 7) is -0.152. The third kappa shape index (κ3) is 5.96. The number of nitrogens with zero attached hydrogens (tertiary/aromatic N) is 1. The second-order valence-corrected chi connectivity index (χ2v) is 6.37. The van der Waals surface area contributed by atoms with Crippen molar-refractivity contribution in [2.45, 2.75) is 0 Å². The highest BCUT2D eigenvalue weighted by molar-refractivity contribution is 9.10. The van der Waals surface area contributed by atoms with E-state index in [1.807, 2.05) is 30.3 Å². The fraction of sp³-hybridized carbons (Fsp3) is 0.0625. The van der Waals surface area contributed by atoms with Gasteiger partial charge in [0.1, 0.15) is 0 Å². The summed E-state index contributed by atoms with van der Waals surface area (Å²) in [6.07, 6.45) is 1.53. The first kappa shape index (κ1) is 17.4. The van der Waals surface area contributed by atoms with Gasteiger partial charge in [-0.2, -0.15) is 5.10 Å². The van der Waals surface area contributed by atoms with Crippen molar-refractivity contribution in [3.8, 4) is 0 Å². The largest absolute Gasteiger partial charge is 0.343 e. The van der Waals surface area contributed by atoms with Gasteiger partial charge in [-0.1, -0.05) is 50.1 Å². The lowest BCUT2D eigenvalue weighted by Gasteiger charge is -2.04. The summed E-state index contributed by atoms with van der Waals surface area (Å²) in [6, 6.07) is 14.4. The zero-order valence-electron chi connectivity index (χ0n) is 11.9. The minimum atomic E-state index is -0.403. The van der Waals surface area contributed by atoms with Gasteiger partial charge in [0.2, 0.25) is 0 Å². The third-order valence-electron chi connectivity index (χ3n) is 2.75. The van der Waals surface area contributed by atoms with Crippen molar-refractivity contribution >= 4 is 49.9 Å². The van der Waals surface area contributed by atoms with Gasteiger partial charge in [0.15, 0.2) is 0 Å². The van der Waals surface area contributed by atoms with E-state index in [1.54, 1.807) is 18.2 Å². The van der Waals surface area contributed by atoms with Crippen molar-refractivity contribution in [1.82, 2.24) is 10.7 Å². The molecule has 0 spiro atoms. The average Bonchev–Trinajstić information content (AvgIpc) is 2.52. The lowest BCUT2D eigenvalue weighted by atomic mass is 10.2. The van der Waals surface area contributed by atoms with Crippen LogP contribution in [0.15, 0.2) is 62.6 Å². The Bertz CT molecular complexity index is 748. The predicted molar refractivity (Wildman–Crippen MR) is 96.4 cm³/mol. The standard InChI is InChI=1S/C16H13Br2N3O2/c17-13-5-1-3-11(7-13)9-20-21-15(22)10-19-16(23)12-4-2-6-14(18)8-12/h1-9H,10H2,(H,19,23)(H,21,22)/b20-9+. The molecule has 7 heteroatoms. The Morgan fingerprint density at radius 1 is 1.04 bits per heavy atom. The second-order valence-electron chi connectivity index (χ2n) is 4.54. The molecular formula is C16H13Br2N3O2. The maximum atomic E-state index is 11.9. The van der Waals surface area contributed by atoms with Crippen LogP contribution < -0.4 is 10.7 Å². The number of hydrazone groups is 1. The molecule has 23 heavy (non-hydrogen) atoms. The van der Waals surface area contributed by atoms with Crippen molar-refractivity contribution in [1.29, 1.82) is 0 Å². The van der Waals surface area contributed by atoms with Crippen LogP contribution >= 0.6 is 31.9 Å². The van der Waals surface area contributed by atoms with E-state index in [-0.39, 0.29) is 12.5 Å². The molecule has 2 amide bonds. The van der Waals surface area contributed by atoms with Gasteiger partial charge < -0.3 is 5.32 Å². The molecule has 0 atom stereocenters. The summed E-state index contributed by atoms with van der Waals surface area (Å²) >= 11 is 6.64. The van der Waals surface area contributed by atoms with Gasteiger partial charge in [0.05, 0.1) is 12.8 Å². The quantitative estimate of drug-likeness (QED) is 0.556. The van der Waals surface area contributed by atoms with Crippen molar-refractivity contribution in [3.05, 3.63) is 68.6 Å². The predicted octanol–water partition coefficient (Wildman–Crippen LogP) is 3.09. The van der Waals surface area contributed by atoms with Crippen LogP contribution in [0.25, 0.3) is 0 Å². The zero-order valence-corrected chi connectivity index (χ0v) is 15.1. The van der Waals surface area contributed by atoms with Gasteiger partial charge >= 0.3 is 0 Å². The van der Waals surface area contributed by atoms with Gasteiger partial charge in [-0.05, 0) is 35.9 Å². The summed E-state index contributed by atoms with van der Waals surface area (Å²) in [7, 11) is 0. The number of carbonyl (C=O) groups excluding carboxylic acids is 2. The molecular weight excluding hydrogens is 426 g/mol. The molecule has 0 fully saturated rings. The van der Waals surface area contributed by atoms with E-state index in [0.29, 0.717) is 5.56 Å². The van der Waals surface area contributed by atoms with E-state index in [0.717, 1.165) is 14.5 Å². The topological polar surface area (TPSA) is 70.6 Å². The molecule has 118 valence electrons. The molecule has 0 aliphatic carbocycles. The second kappa shape index (κ2) is 8.59. The molecule has 0 saturated carbocycles. The van der Waals surface area contributed by atoms with Crippen LogP contribution in [0.2, 0.25) is 0 Å². The van der Waals surface area contributed by atoms with Gasteiger partial charge in [-0.15, -0.1) is 0 Å². The third-order valence-corrected chi connectivity index (χ3v) is 3.73. The van der Waals surface area contributed by atoms with E-state index in [2.05, 4.69) is 47.7 Å². The highest BCUT2D eigenvalue weighted by Gasteiger charge is 2.07. The Hall–Kier alpha value is -1.99. The number of hydrogen-bond acceptors (Lipinski definition) is 3. The number of amides is 2. The highest BCUT2D eigenvalue weighted by atomic mass is 79.9. The van der Waals surface area contributed by atoms with Crippen LogP contribution in [0.3, 0.4) is 0 Å². The Morgan fingerprint density at radius 3 is 2.43 bits per heavy atom. The molecule has 2 rings (SSSR count). The van der Waals surface area contributed by atoms with Crippen LogP contribution in [-0.2, 0) is 4.79 Å². The molecule has 2 aromatic rings. The fourth-order valence-electron chi connectivity index (χ4n) is 1.70. The normalized spacial score (nSPS) is 10.5. The Morgan fingerprint density at radius 2 is 1.74 bits per heavy atom. The number of carbonyl (C=O) groups is 2. The molecule has 0 radical (unpaired) electrons. The van der Waals surface area contributed by atoms with Gasteiger partial charge in [-0.3, -0.25) is 9.59 Å². The minimum Gasteiger partial charge on any atom is -0.343 e. The van der Waals surface area contributed by atoms with Crippen LogP contribution in [0.4, 0.5) is 0 Å². The Labute approximate surface area is 150 Å². The number of rotatable bonds is 5. The van der Waals surface area contributed by atoms with E-state index >= 15 is 0 Å². The van der Waals surface area contributed by atoms with Crippen LogP contribution in [-0.4, -0.2) is 24.6 Å².